The molecule has 0 saturated carbocycles. The fourth-order valence-corrected chi connectivity index (χ4v) is 0.632. The molecule has 70 valence electrons. The number of hydrogen-bond acceptors (Lipinski definition) is 3. The average molecular weight is 161 g/mol. The Bertz CT molecular complexity index is 55.3. The van der Waals surface area contributed by atoms with Crippen LogP contribution >= 0.6 is 0 Å². The molecule has 1 atom stereocenters. The molecule has 0 aliphatic heterocycles. The molecule has 11 heavy (non-hydrogen) atoms. The topological polar surface area (TPSA) is 64.1 Å². The zero-order chi connectivity index (χ0) is 9.11. The maximum absolute atomic E-state index is 5.51. The molecule has 0 spiro atoms. The molecule has 0 aliphatic rings. The van der Waals surface area contributed by atoms with E-state index in [1.807, 2.05) is 6.92 Å². The standard InChI is InChI=1S/C7H18N2.CH5N/c1-3-4-5-9-6-7(2)8;1-2/h7,9H,3-6,8H2,1-2H3;2H2,1H3. The van der Waals surface area contributed by atoms with E-state index in [1.54, 1.807) is 0 Å². The molecule has 0 aliphatic carbocycles. The highest BCUT2D eigenvalue weighted by atomic mass is 14.9. The first kappa shape index (κ1) is 13.5. The molecule has 0 fully saturated rings. The average Bonchev–Trinajstić information content (AvgIpc) is 2.02. The van der Waals surface area contributed by atoms with E-state index in [2.05, 4.69) is 18.0 Å². The molecule has 3 nitrogen and oxygen atoms in total. The van der Waals surface area contributed by atoms with Crippen LogP contribution in [0.4, 0.5) is 0 Å². The predicted molar refractivity (Wildman–Crippen MR) is 51.5 cm³/mol. The molecule has 0 bridgehead atoms. The van der Waals surface area contributed by atoms with Gasteiger partial charge in [-0.15, -0.1) is 0 Å². The first-order valence-corrected chi connectivity index (χ1v) is 4.31. The summed E-state index contributed by atoms with van der Waals surface area (Å²) in [7, 11) is 1.50. The van der Waals surface area contributed by atoms with Crippen molar-refractivity contribution < 1.29 is 0 Å². The van der Waals surface area contributed by atoms with Gasteiger partial charge in [0, 0.05) is 12.6 Å². The van der Waals surface area contributed by atoms with Crippen molar-refractivity contribution in [2.24, 2.45) is 11.5 Å². The molecule has 0 rings (SSSR count). The molecule has 0 aromatic carbocycles. The van der Waals surface area contributed by atoms with Crippen molar-refractivity contribution in [2.75, 3.05) is 20.1 Å². The molecular weight excluding hydrogens is 138 g/mol. The maximum atomic E-state index is 5.51. The number of hydrogen-bond donors (Lipinski definition) is 3. The van der Waals surface area contributed by atoms with E-state index < -0.39 is 0 Å². The van der Waals surface area contributed by atoms with Crippen LogP contribution in [0.2, 0.25) is 0 Å². The van der Waals surface area contributed by atoms with Gasteiger partial charge in [0.15, 0.2) is 0 Å². The van der Waals surface area contributed by atoms with Crippen molar-refractivity contribution in [3.8, 4) is 0 Å². The summed E-state index contributed by atoms with van der Waals surface area (Å²) in [6.45, 7) is 6.25. The third-order valence-corrected chi connectivity index (χ3v) is 1.17. The van der Waals surface area contributed by atoms with Crippen molar-refractivity contribution in [3.63, 3.8) is 0 Å². The van der Waals surface area contributed by atoms with Crippen molar-refractivity contribution in [1.29, 1.82) is 0 Å². The van der Waals surface area contributed by atoms with E-state index in [1.165, 1.54) is 19.9 Å². The quantitative estimate of drug-likeness (QED) is 0.508. The van der Waals surface area contributed by atoms with Crippen LogP contribution in [0.15, 0.2) is 0 Å². The molecule has 3 heteroatoms. The highest BCUT2D eigenvalue weighted by molar-refractivity contribution is 4.56. The second kappa shape index (κ2) is 12.5. The van der Waals surface area contributed by atoms with Gasteiger partial charge < -0.3 is 16.8 Å². The van der Waals surface area contributed by atoms with Crippen LogP contribution < -0.4 is 16.8 Å². The smallest absolute Gasteiger partial charge is 0.0136 e. The monoisotopic (exact) mass is 161 g/mol. The Morgan fingerprint density at radius 3 is 2.27 bits per heavy atom. The van der Waals surface area contributed by atoms with Crippen LogP contribution in [0.1, 0.15) is 26.7 Å². The number of rotatable bonds is 5. The van der Waals surface area contributed by atoms with E-state index >= 15 is 0 Å². The summed E-state index contributed by atoms with van der Waals surface area (Å²) in [6, 6.07) is 0.293. The van der Waals surface area contributed by atoms with Crippen LogP contribution in [0.5, 0.6) is 0 Å². The van der Waals surface area contributed by atoms with Crippen molar-refractivity contribution in [3.05, 3.63) is 0 Å². The third kappa shape index (κ3) is 17.7. The second-order valence-corrected chi connectivity index (χ2v) is 2.53. The number of nitrogens with one attached hydrogen (secondary N) is 1. The molecule has 0 aromatic rings. The third-order valence-electron chi connectivity index (χ3n) is 1.17. The van der Waals surface area contributed by atoms with Crippen LogP contribution in [-0.2, 0) is 0 Å². The summed E-state index contributed by atoms with van der Waals surface area (Å²) in [5, 5.41) is 3.26. The van der Waals surface area contributed by atoms with Gasteiger partial charge in [-0.3, -0.25) is 0 Å². The van der Waals surface area contributed by atoms with Gasteiger partial charge >= 0.3 is 0 Å². The fraction of sp³-hybridized carbons (Fsp3) is 1.00. The predicted octanol–water partition coefficient (Wildman–Crippen LogP) is 0.298. The Hall–Kier alpha value is -0.120. The first-order valence-electron chi connectivity index (χ1n) is 4.31. The highest BCUT2D eigenvalue weighted by Crippen LogP contribution is 1.81. The number of nitrogens with two attached hydrogens (primary N) is 2. The lowest BCUT2D eigenvalue weighted by atomic mass is 10.3. The van der Waals surface area contributed by atoms with Crippen LogP contribution in [-0.4, -0.2) is 26.2 Å². The van der Waals surface area contributed by atoms with Crippen molar-refractivity contribution in [2.45, 2.75) is 32.7 Å². The largest absolute Gasteiger partial charge is 0.333 e. The van der Waals surface area contributed by atoms with E-state index in [9.17, 15) is 0 Å². The molecule has 0 radical (unpaired) electrons. The summed E-state index contributed by atoms with van der Waals surface area (Å²) < 4.78 is 0. The molecule has 0 saturated heterocycles. The minimum atomic E-state index is 0.293. The summed E-state index contributed by atoms with van der Waals surface area (Å²) >= 11 is 0. The van der Waals surface area contributed by atoms with Gasteiger partial charge in [-0.1, -0.05) is 13.3 Å². The fourth-order valence-electron chi connectivity index (χ4n) is 0.632. The van der Waals surface area contributed by atoms with Crippen molar-refractivity contribution in [1.82, 2.24) is 5.32 Å². The van der Waals surface area contributed by atoms with Gasteiger partial charge in [0.05, 0.1) is 0 Å². The normalized spacial score (nSPS) is 11.7. The Balaban J connectivity index is 0. The first-order chi connectivity index (χ1) is 5.27. The zero-order valence-corrected chi connectivity index (χ0v) is 8.06. The Morgan fingerprint density at radius 1 is 1.36 bits per heavy atom. The lowest BCUT2D eigenvalue weighted by Crippen LogP contribution is -2.31. The summed E-state index contributed by atoms with van der Waals surface area (Å²) in [4.78, 5) is 0. The minimum absolute atomic E-state index is 0.293. The molecule has 1 unspecified atom stereocenters. The van der Waals surface area contributed by atoms with Crippen LogP contribution in [0.25, 0.3) is 0 Å². The van der Waals surface area contributed by atoms with Gasteiger partial charge in [0.1, 0.15) is 0 Å². The Morgan fingerprint density at radius 2 is 1.91 bits per heavy atom. The van der Waals surface area contributed by atoms with Gasteiger partial charge in [0.2, 0.25) is 0 Å². The molecule has 0 heterocycles. The van der Waals surface area contributed by atoms with Gasteiger partial charge in [-0.2, -0.15) is 0 Å². The SMILES string of the molecule is CCCCNCC(C)N.CN. The van der Waals surface area contributed by atoms with Gasteiger partial charge in [-0.05, 0) is 26.9 Å². The number of unbranched alkanes of at least 4 members (excludes halogenated alkanes) is 1. The van der Waals surface area contributed by atoms with Crippen LogP contribution in [0.3, 0.4) is 0 Å². The Kier molecular flexibility index (Phi) is 15.4. The van der Waals surface area contributed by atoms with E-state index in [-0.39, 0.29) is 0 Å². The van der Waals surface area contributed by atoms with E-state index in [0.29, 0.717) is 6.04 Å². The molecular formula is C8H23N3. The summed E-state index contributed by atoms with van der Waals surface area (Å²) in [5.41, 5.74) is 10.0. The van der Waals surface area contributed by atoms with Crippen LogP contribution in [0, 0.1) is 0 Å². The van der Waals surface area contributed by atoms with E-state index in [4.69, 9.17) is 5.73 Å². The lowest BCUT2D eigenvalue weighted by Gasteiger charge is -2.05. The molecule has 0 aromatic heterocycles. The summed E-state index contributed by atoms with van der Waals surface area (Å²) in [6.07, 6.45) is 2.51. The van der Waals surface area contributed by atoms with Gasteiger partial charge in [0.25, 0.3) is 0 Å². The second-order valence-electron chi connectivity index (χ2n) is 2.53. The maximum Gasteiger partial charge on any atom is 0.0136 e. The van der Waals surface area contributed by atoms with Crippen molar-refractivity contribution >= 4 is 0 Å². The zero-order valence-electron chi connectivity index (χ0n) is 8.06. The minimum Gasteiger partial charge on any atom is -0.333 e. The molecule has 0 amide bonds. The summed E-state index contributed by atoms with van der Waals surface area (Å²) in [5.74, 6) is 0. The highest BCUT2D eigenvalue weighted by Gasteiger charge is 1.89. The lowest BCUT2D eigenvalue weighted by molar-refractivity contribution is 0.587. The van der Waals surface area contributed by atoms with E-state index in [0.717, 1.165) is 13.1 Å². The van der Waals surface area contributed by atoms with Gasteiger partial charge in [-0.25, -0.2) is 0 Å². The molecule has 5 N–H and O–H groups in total. The Labute approximate surface area is 70.5 Å².